The number of thiazole rings is 1. The number of hydrogen-bond acceptors (Lipinski definition) is 3. The Hall–Kier alpha value is -2.40. The van der Waals surface area contributed by atoms with Crippen LogP contribution in [0.4, 0.5) is 5.13 Å². The lowest BCUT2D eigenvalue weighted by molar-refractivity contribution is -0.116. The first-order chi connectivity index (χ1) is 11.6. The van der Waals surface area contributed by atoms with Crippen molar-refractivity contribution in [2.24, 2.45) is 0 Å². The molecule has 5 heteroatoms. The minimum absolute atomic E-state index is 0.00433. The Kier molecular flexibility index (Phi) is 5.11. The van der Waals surface area contributed by atoms with Crippen molar-refractivity contribution < 1.29 is 4.79 Å². The quantitative estimate of drug-likeness (QED) is 0.675. The molecule has 4 nitrogen and oxygen atoms in total. The fourth-order valence-corrected chi connectivity index (χ4v) is 3.18. The summed E-state index contributed by atoms with van der Waals surface area (Å²) >= 11 is 1.44. The number of aromatic amines is 1. The Morgan fingerprint density at radius 3 is 2.71 bits per heavy atom. The van der Waals surface area contributed by atoms with Crippen LogP contribution >= 0.6 is 11.3 Å². The lowest BCUT2D eigenvalue weighted by Crippen LogP contribution is -2.12. The number of nitrogens with zero attached hydrogens (tertiary/aromatic N) is 1. The summed E-state index contributed by atoms with van der Waals surface area (Å²) in [7, 11) is 0. The van der Waals surface area contributed by atoms with Gasteiger partial charge in [-0.3, -0.25) is 4.79 Å². The lowest BCUT2D eigenvalue weighted by Gasteiger charge is -2.07. The molecule has 0 atom stereocenters. The van der Waals surface area contributed by atoms with E-state index in [1.807, 2.05) is 23.7 Å². The van der Waals surface area contributed by atoms with Gasteiger partial charge in [-0.15, -0.1) is 11.3 Å². The lowest BCUT2D eigenvalue weighted by atomic mass is 10.0. The molecule has 0 aliphatic rings. The normalized spacial score (nSPS) is 11.0. The molecule has 0 fully saturated rings. The molecular formula is C19H21N3OS. The first kappa shape index (κ1) is 16.5. The molecule has 0 saturated heterocycles. The number of rotatable bonds is 6. The molecule has 0 radical (unpaired) electrons. The molecule has 2 N–H and O–H groups in total. The number of aromatic nitrogens is 2. The van der Waals surface area contributed by atoms with E-state index in [0.717, 1.165) is 17.8 Å². The van der Waals surface area contributed by atoms with Crippen LogP contribution in [0.2, 0.25) is 0 Å². The van der Waals surface area contributed by atoms with Gasteiger partial charge in [0.15, 0.2) is 5.13 Å². The largest absolute Gasteiger partial charge is 0.360 e. The van der Waals surface area contributed by atoms with Crippen LogP contribution in [0.5, 0.6) is 0 Å². The van der Waals surface area contributed by atoms with Gasteiger partial charge in [-0.2, -0.15) is 0 Å². The van der Waals surface area contributed by atoms with E-state index in [-0.39, 0.29) is 5.91 Å². The van der Waals surface area contributed by atoms with Crippen molar-refractivity contribution in [2.75, 3.05) is 5.32 Å². The number of benzene rings is 1. The van der Waals surface area contributed by atoms with E-state index in [1.165, 1.54) is 22.5 Å². The summed E-state index contributed by atoms with van der Waals surface area (Å²) in [6.07, 6.45) is 3.05. The van der Waals surface area contributed by atoms with Crippen LogP contribution in [0.15, 0.2) is 48.0 Å². The molecule has 0 unspecified atom stereocenters. The zero-order chi connectivity index (χ0) is 16.9. The second kappa shape index (κ2) is 7.45. The minimum atomic E-state index is -0.00433. The van der Waals surface area contributed by atoms with Crippen LogP contribution in [0.3, 0.4) is 0 Å². The third-order valence-corrected chi connectivity index (χ3v) is 4.67. The summed E-state index contributed by atoms with van der Waals surface area (Å²) in [5.41, 5.74) is 4.31. The van der Waals surface area contributed by atoms with Gasteiger partial charge in [0, 0.05) is 18.0 Å². The van der Waals surface area contributed by atoms with Gasteiger partial charge in [0.25, 0.3) is 0 Å². The summed E-state index contributed by atoms with van der Waals surface area (Å²) in [5, 5.41) is 5.45. The first-order valence-electron chi connectivity index (χ1n) is 8.10. The topological polar surface area (TPSA) is 57.8 Å². The highest BCUT2D eigenvalue weighted by atomic mass is 32.1. The highest BCUT2D eigenvalue weighted by Gasteiger charge is 2.09. The molecule has 0 spiro atoms. The monoisotopic (exact) mass is 339 g/mol. The molecule has 2 aromatic heterocycles. The molecule has 3 aromatic rings. The average Bonchev–Trinajstić information content (AvgIpc) is 3.24. The predicted molar refractivity (Wildman–Crippen MR) is 99.4 cm³/mol. The number of amides is 1. The van der Waals surface area contributed by atoms with Crippen LogP contribution in [0.1, 0.15) is 37.3 Å². The summed E-state index contributed by atoms with van der Waals surface area (Å²) in [5.74, 6) is 0.524. The third-order valence-electron chi connectivity index (χ3n) is 3.91. The average molecular weight is 339 g/mol. The van der Waals surface area contributed by atoms with Crippen LogP contribution in [0, 0.1) is 0 Å². The Morgan fingerprint density at radius 2 is 2.04 bits per heavy atom. The minimum Gasteiger partial charge on any atom is -0.360 e. The molecule has 124 valence electrons. The standard InChI is InChI=1S/C19H21N3OS/c1-13(2)15-8-5-14(6-9-15)7-10-18(23)22-19-21-17(12-24-19)16-4-3-11-20-16/h3-6,8-9,11-13,20H,7,10H2,1-2H3,(H,21,22,23). The highest BCUT2D eigenvalue weighted by molar-refractivity contribution is 7.14. The Labute approximate surface area is 146 Å². The van der Waals surface area contributed by atoms with E-state index in [2.05, 4.69) is 53.4 Å². The SMILES string of the molecule is CC(C)c1ccc(CCC(=O)Nc2nc(-c3ccc[nH]3)cs2)cc1. The van der Waals surface area contributed by atoms with Gasteiger partial charge in [0.2, 0.25) is 5.91 Å². The first-order valence-corrected chi connectivity index (χ1v) is 8.98. The van der Waals surface area contributed by atoms with Crippen molar-refractivity contribution in [3.63, 3.8) is 0 Å². The maximum atomic E-state index is 12.1. The van der Waals surface area contributed by atoms with E-state index in [4.69, 9.17) is 0 Å². The van der Waals surface area contributed by atoms with Crippen molar-refractivity contribution in [3.05, 3.63) is 59.1 Å². The molecule has 0 saturated carbocycles. The van der Waals surface area contributed by atoms with E-state index >= 15 is 0 Å². The number of anilines is 1. The second-order valence-electron chi connectivity index (χ2n) is 6.07. The zero-order valence-corrected chi connectivity index (χ0v) is 14.7. The van der Waals surface area contributed by atoms with Gasteiger partial charge in [0.05, 0.1) is 11.4 Å². The summed E-state index contributed by atoms with van der Waals surface area (Å²) in [6.45, 7) is 4.36. The molecule has 0 bridgehead atoms. The van der Waals surface area contributed by atoms with Crippen molar-refractivity contribution in [1.29, 1.82) is 0 Å². The van der Waals surface area contributed by atoms with Crippen LogP contribution in [-0.4, -0.2) is 15.9 Å². The maximum Gasteiger partial charge on any atom is 0.226 e. The van der Waals surface area contributed by atoms with Gasteiger partial charge < -0.3 is 10.3 Å². The van der Waals surface area contributed by atoms with Crippen molar-refractivity contribution >= 4 is 22.4 Å². The number of hydrogen-bond donors (Lipinski definition) is 2. The fourth-order valence-electron chi connectivity index (χ4n) is 2.45. The highest BCUT2D eigenvalue weighted by Crippen LogP contribution is 2.23. The maximum absolute atomic E-state index is 12.1. The Balaban J connectivity index is 1.52. The number of H-pyrrole nitrogens is 1. The summed E-state index contributed by atoms with van der Waals surface area (Å²) in [6, 6.07) is 12.4. The van der Waals surface area contributed by atoms with Crippen molar-refractivity contribution in [3.8, 4) is 11.4 Å². The third kappa shape index (κ3) is 4.11. The van der Waals surface area contributed by atoms with Gasteiger partial charge in [-0.05, 0) is 35.6 Å². The van der Waals surface area contributed by atoms with E-state index < -0.39 is 0 Å². The molecule has 1 aromatic carbocycles. The molecule has 3 rings (SSSR count). The van der Waals surface area contributed by atoms with Gasteiger partial charge >= 0.3 is 0 Å². The van der Waals surface area contributed by atoms with Crippen LogP contribution < -0.4 is 5.32 Å². The van der Waals surface area contributed by atoms with Gasteiger partial charge in [-0.1, -0.05) is 38.1 Å². The molecule has 0 aliphatic carbocycles. The van der Waals surface area contributed by atoms with Gasteiger partial charge in [-0.25, -0.2) is 4.98 Å². The number of carbonyl (C=O) groups excluding carboxylic acids is 1. The molecule has 1 amide bonds. The summed E-state index contributed by atoms with van der Waals surface area (Å²) < 4.78 is 0. The summed E-state index contributed by atoms with van der Waals surface area (Å²) in [4.78, 5) is 19.6. The number of nitrogens with one attached hydrogen (secondary N) is 2. The van der Waals surface area contributed by atoms with Crippen LogP contribution in [0.25, 0.3) is 11.4 Å². The van der Waals surface area contributed by atoms with Crippen molar-refractivity contribution in [2.45, 2.75) is 32.6 Å². The zero-order valence-electron chi connectivity index (χ0n) is 13.9. The molecule has 24 heavy (non-hydrogen) atoms. The van der Waals surface area contributed by atoms with E-state index in [0.29, 0.717) is 17.5 Å². The number of carbonyl (C=O) groups is 1. The van der Waals surface area contributed by atoms with E-state index in [1.54, 1.807) is 0 Å². The van der Waals surface area contributed by atoms with Gasteiger partial charge in [0.1, 0.15) is 0 Å². The molecule has 2 heterocycles. The second-order valence-corrected chi connectivity index (χ2v) is 6.92. The smallest absolute Gasteiger partial charge is 0.226 e. The molecular weight excluding hydrogens is 318 g/mol. The predicted octanol–water partition coefficient (Wildman–Crippen LogP) is 4.83. The number of aryl methyl sites for hydroxylation is 1. The Bertz CT molecular complexity index is 788. The molecule has 0 aliphatic heterocycles. The van der Waals surface area contributed by atoms with E-state index in [9.17, 15) is 4.79 Å². The van der Waals surface area contributed by atoms with Crippen molar-refractivity contribution in [1.82, 2.24) is 9.97 Å². The fraction of sp³-hybridized carbons (Fsp3) is 0.263. The Morgan fingerprint density at radius 1 is 1.25 bits per heavy atom. The van der Waals surface area contributed by atoms with Crippen LogP contribution in [-0.2, 0) is 11.2 Å².